The van der Waals surface area contributed by atoms with Crippen molar-refractivity contribution in [2.75, 3.05) is 11.1 Å². The van der Waals surface area contributed by atoms with Crippen LogP contribution in [-0.4, -0.2) is 16.6 Å². The first kappa shape index (κ1) is 14.7. The Bertz CT molecular complexity index is 826. The summed E-state index contributed by atoms with van der Waals surface area (Å²) in [6, 6.07) is 13.1. The van der Waals surface area contributed by atoms with E-state index in [0.717, 1.165) is 21.7 Å². The SMILES string of the molecule is CCSc1ccccc1C(=O)Nc1ccc2oc(C)nc2c1. The number of hydrogen-bond donors (Lipinski definition) is 1. The third kappa shape index (κ3) is 2.99. The van der Waals surface area contributed by atoms with Crippen LogP contribution in [0.25, 0.3) is 11.1 Å². The maximum atomic E-state index is 12.5. The first-order chi connectivity index (χ1) is 10.7. The summed E-state index contributed by atoms with van der Waals surface area (Å²) in [6.07, 6.45) is 0. The topological polar surface area (TPSA) is 55.1 Å². The molecule has 0 radical (unpaired) electrons. The highest BCUT2D eigenvalue weighted by Crippen LogP contribution is 2.24. The van der Waals surface area contributed by atoms with Gasteiger partial charge in [-0.1, -0.05) is 19.1 Å². The third-order valence-corrected chi connectivity index (χ3v) is 4.14. The molecule has 1 heterocycles. The fourth-order valence-corrected chi connectivity index (χ4v) is 3.06. The van der Waals surface area contributed by atoms with Gasteiger partial charge in [0, 0.05) is 17.5 Å². The minimum atomic E-state index is -0.115. The van der Waals surface area contributed by atoms with E-state index in [-0.39, 0.29) is 5.91 Å². The van der Waals surface area contributed by atoms with Crippen LogP contribution in [0.2, 0.25) is 0 Å². The Morgan fingerprint density at radius 1 is 1.27 bits per heavy atom. The smallest absolute Gasteiger partial charge is 0.256 e. The van der Waals surface area contributed by atoms with Crippen LogP contribution < -0.4 is 5.32 Å². The van der Waals surface area contributed by atoms with Crippen molar-refractivity contribution >= 4 is 34.5 Å². The van der Waals surface area contributed by atoms with E-state index in [1.165, 1.54) is 0 Å². The molecule has 5 heteroatoms. The lowest BCUT2D eigenvalue weighted by Crippen LogP contribution is -2.12. The van der Waals surface area contributed by atoms with Crippen LogP contribution in [0.5, 0.6) is 0 Å². The average molecular weight is 312 g/mol. The van der Waals surface area contributed by atoms with E-state index in [2.05, 4.69) is 17.2 Å². The largest absolute Gasteiger partial charge is 0.441 e. The van der Waals surface area contributed by atoms with Gasteiger partial charge in [-0.05, 0) is 36.1 Å². The van der Waals surface area contributed by atoms with Crippen LogP contribution in [0.4, 0.5) is 5.69 Å². The molecule has 1 amide bonds. The predicted molar refractivity (Wildman–Crippen MR) is 89.5 cm³/mol. The number of carbonyl (C=O) groups is 1. The van der Waals surface area contributed by atoms with Gasteiger partial charge in [-0.15, -0.1) is 11.8 Å². The van der Waals surface area contributed by atoms with Crippen molar-refractivity contribution in [1.29, 1.82) is 0 Å². The first-order valence-corrected chi connectivity index (χ1v) is 8.06. The molecule has 0 atom stereocenters. The zero-order valence-corrected chi connectivity index (χ0v) is 13.2. The average Bonchev–Trinajstić information content (AvgIpc) is 2.87. The van der Waals surface area contributed by atoms with Gasteiger partial charge in [-0.25, -0.2) is 4.98 Å². The molecule has 0 aliphatic heterocycles. The normalized spacial score (nSPS) is 10.8. The number of aromatic nitrogens is 1. The molecular formula is C17H16N2O2S. The lowest BCUT2D eigenvalue weighted by Gasteiger charge is -2.09. The van der Waals surface area contributed by atoms with E-state index in [4.69, 9.17) is 4.42 Å². The Morgan fingerprint density at radius 2 is 2.09 bits per heavy atom. The summed E-state index contributed by atoms with van der Waals surface area (Å²) < 4.78 is 5.44. The van der Waals surface area contributed by atoms with Gasteiger partial charge in [0.2, 0.25) is 0 Å². The zero-order chi connectivity index (χ0) is 15.5. The molecule has 1 aromatic heterocycles. The van der Waals surface area contributed by atoms with Gasteiger partial charge in [0.1, 0.15) is 5.52 Å². The van der Waals surface area contributed by atoms with E-state index >= 15 is 0 Å². The fourth-order valence-electron chi connectivity index (χ4n) is 2.25. The number of thioether (sulfide) groups is 1. The number of nitrogens with zero attached hydrogens (tertiary/aromatic N) is 1. The standard InChI is InChI=1S/C17H16N2O2S/c1-3-22-16-7-5-4-6-13(16)17(20)19-12-8-9-15-14(10-12)18-11(2)21-15/h4-10H,3H2,1-2H3,(H,19,20). The zero-order valence-electron chi connectivity index (χ0n) is 12.4. The van der Waals surface area contributed by atoms with Gasteiger partial charge in [0.05, 0.1) is 5.56 Å². The summed E-state index contributed by atoms with van der Waals surface area (Å²) in [7, 11) is 0. The van der Waals surface area contributed by atoms with Crippen LogP contribution in [0, 0.1) is 6.92 Å². The Morgan fingerprint density at radius 3 is 2.91 bits per heavy atom. The number of rotatable bonds is 4. The number of oxazole rings is 1. The molecule has 3 rings (SSSR count). The molecule has 112 valence electrons. The molecular weight excluding hydrogens is 296 g/mol. The van der Waals surface area contributed by atoms with Gasteiger partial charge in [0.25, 0.3) is 5.91 Å². The number of benzene rings is 2. The third-order valence-electron chi connectivity index (χ3n) is 3.18. The number of anilines is 1. The number of nitrogens with one attached hydrogen (secondary N) is 1. The van der Waals surface area contributed by atoms with Crippen LogP contribution in [-0.2, 0) is 0 Å². The molecule has 0 unspecified atom stereocenters. The van der Waals surface area contributed by atoms with Crippen molar-refractivity contribution in [2.24, 2.45) is 0 Å². The summed E-state index contributed by atoms with van der Waals surface area (Å²) in [5.41, 5.74) is 2.86. The molecule has 0 bridgehead atoms. The number of hydrogen-bond acceptors (Lipinski definition) is 4. The molecule has 2 aromatic carbocycles. The number of amides is 1. The lowest BCUT2D eigenvalue weighted by molar-refractivity contribution is 0.102. The van der Waals surface area contributed by atoms with Gasteiger partial charge < -0.3 is 9.73 Å². The fraction of sp³-hybridized carbons (Fsp3) is 0.176. The number of carbonyl (C=O) groups excluding carboxylic acids is 1. The number of fused-ring (bicyclic) bond motifs is 1. The van der Waals surface area contributed by atoms with Crippen LogP contribution in [0.15, 0.2) is 51.8 Å². The summed E-state index contributed by atoms with van der Waals surface area (Å²) in [5.74, 6) is 1.42. The Hall–Kier alpha value is -2.27. The van der Waals surface area contributed by atoms with Crippen molar-refractivity contribution < 1.29 is 9.21 Å². The van der Waals surface area contributed by atoms with Crippen LogP contribution in [0.3, 0.4) is 0 Å². The Balaban J connectivity index is 1.86. The molecule has 0 saturated carbocycles. The Kier molecular flexibility index (Phi) is 4.15. The predicted octanol–water partition coefficient (Wildman–Crippen LogP) is 4.50. The lowest BCUT2D eigenvalue weighted by atomic mass is 10.2. The monoisotopic (exact) mass is 312 g/mol. The molecule has 3 aromatic rings. The van der Waals surface area contributed by atoms with Crippen molar-refractivity contribution in [1.82, 2.24) is 4.98 Å². The quantitative estimate of drug-likeness (QED) is 0.721. The molecule has 0 fully saturated rings. The van der Waals surface area contributed by atoms with Gasteiger partial charge in [0.15, 0.2) is 11.5 Å². The maximum Gasteiger partial charge on any atom is 0.256 e. The van der Waals surface area contributed by atoms with E-state index < -0.39 is 0 Å². The van der Waals surface area contributed by atoms with Crippen molar-refractivity contribution in [3.05, 3.63) is 53.9 Å². The summed E-state index contributed by atoms with van der Waals surface area (Å²) >= 11 is 1.66. The second-order valence-corrected chi connectivity index (χ2v) is 6.10. The van der Waals surface area contributed by atoms with Crippen molar-refractivity contribution in [2.45, 2.75) is 18.7 Å². The first-order valence-electron chi connectivity index (χ1n) is 7.07. The summed E-state index contributed by atoms with van der Waals surface area (Å²) in [4.78, 5) is 17.7. The molecule has 0 saturated heterocycles. The van der Waals surface area contributed by atoms with Gasteiger partial charge in [-0.2, -0.15) is 0 Å². The van der Waals surface area contributed by atoms with E-state index in [1.54, 1.807) is 18.7 Å². The van der Waals surface area contributed by atoms with Crippen molar-refractivity contribution in [3.8, 4) is 0 Å². The molecule has 0 aliphatic carbocycles. The van der Waals surface area contributed by atoms with Gasteiger partial charge >= 0.3 is 0 Å². The molecule has 0 aliphatic rings. The van der Waals surface area contributed by atoms with Gasteiger partial charge in [-0.3, -0.25) is 4.79 Å². The highest BCUT2D eigenvalue weighted by molar-refractivity contribution is 7.99. The van der Waals surface area contributed by atoms with Crippen LogP contribution in [0.1, 0.15) is 23.2 Å². The van der Waals surface area contributed by atoms with E-state index in [0.29, 0.717) is 17.1 Å². The molecule has 4 nitrogen and oxygen atoms in total. The summed E-state index contributed by atoms with van der Waals surface area (Å²) in [6.45, 7) is 3.87. The maximum absolute atomic E-state index is 12.5. The second-order valence-electron chi connectivity index (χ2n) is 4.80. The van der Waals surface area contributed by atoms with Crippen molar-refractivity contribution in [3.63, 3.8) is 0 Å². The van der Waals surface area contributed by atoms with Crippen LogP contribution >= 0.6 is 11.8 Å². The minimum Gasteiger partial charge on any atom is -0.441 e. The van der Waals surface area contributed by atoms with E-state index in [1.807, 2.05) is 42.5 Å². The van der Waals surface area contributed by atoms with E-state index in [9.17, 15) is 4.79 Å². The second kappa shape index (κ2) is 6.23. The minimum absolute atomic E-state index is 0.115. The molecule has 0 spiro atoms. The highest BCUT2D eigenvalue weighted by Gasteiger charge is 2.12. The number of aryl methyl sites for hydroxylation is 1. The highest BCUT2D eigenvalue weighted by atomic mass is 32.2. The Labute approximate surface area is 132 Å². The summed E-state index contributed by atoms with van der Waals surface area (Å²) in [5, 5.41) is 2.92. The molecule has 1 N–H and O–H groups in total. The molecule has 22 heavy (non-hydrogen) atoms.